The van der Waals surface area contributed by atoms with Crippen LogP contribution in [0.15, 0.2) is 66.9 Å². The van der Waals surface area contributed by atoms with Gasteiger partial charge in [0.25, 0.3) is 0 Å². The molecule has 5 nitrogen and oxygen atoms in total. The second-order valence-corrected chi connectivity index (χ2v) is 6.56. The summed E-state index contributed by atoms with van der Waals surface area (Å²) in [5.74, 6) is 0. The maximum atomic E-state index is 12.9. The highest BCUT2D eigenvalue weighted by Gasteiger charge is 2.29. The molecule has 1 fully saturated rings. The van der Waals surface area contributed by atoms with Crippen molar-refractivity contribution in [3.63, 3.8) is 0 Å². The molecule has 1 saturated heterocycles. The van der Waals surface area contributed by atoms with Crippen LogP contribution in [0, 0.1) is 0 Å². The molecule has 2 aromatic carbocycles. The molecule has 26 heavy (non-hydrogen) atoms. The van der Waals surface area contributed by atoms with Crippen LogP contribution in [-0.4, -0.2) is 35.1 Å². The Morgan fingerprint density at radius 3 is 2.73 bits per heavy atom. The number of fused-ring (bicyclic) bond motifs is 1. The summed E-state index contributed by atoms with van der Waals surface area (Å²) in [5, 5.41) is 4.02. The monoisotopic (exact) mass is 347 g/mol. The van der Waals surface area contributed by atoms with Crippen molar-refractivity contribution in [2.24, 2.45) is 0 Å². The van der Waals surface area contributed by atoms with Gasteiger partial charge >= 0.3 is 6.03 Å². The number of para-hydroxylation sites is 1. The molecule has 1 aliphatic heterocycles. The molecular formula is C21H21N3O2. The molecule has 5 heteroatoms. The lowest BCUT2D eigenvalue weighted by molar-refractivity contribution is -0.0642. The number of carbonyl (C=O) groups is 1. The number of nitrogens with one attached hydrogen (secondary N) is 1. The van der Waals surface area contributed by atoms with Gasteiger partial charge in [0.1, 0.15) is 6.10 Å². The lowest BCUT2D eigenvalue weighted by Crippen LogP contribution is -2.47. The highest BCUT2D eigenvalue weighted by atomic mass is 16.5. The molecular weight excluding hydrogens is 326 g/mol. The van der Waals surface area contributed by atoms with Crippen molar-refractivity contribution in [3.8, 4) is 0 Å². The van der Waals surface area contributed by atoms with E-state index in [9.17, 15) is 4.79 Å². The molecule has 0 saturated carbocycles. The minimum Gasteiger partial charge on any atom is -0.367 e. The summed E-state index contributed by atoms with van der Waals surface area (Å²) in [6, 6.07) is 19.6. The van der Waals surface area contributed by atoms with Gasteiger partial charge in [0.05, 0.1) is 23.9 Å². The fourth-order valence-corrected chi connectivity index (χ4v) is 3.37. The Morgan fingerprint density at radius 1 is 1.08 bits per heavy atom. The van der Waals surface area contributed by atoms with E-state index in [-0.39, 0.29) is 18.2 Å². The van der Waals surface area contributed by atoms with Crippen LogP contribution in [0.1, 0.15) is 18.6 Å². The first-order chi connectivity index (χ1) is 12.7. The number of carbonyl (C=O) groups excluding carboxylic acids is 1. The topological polar surface area (TPSA) is 54.5 Å². The molecule has 0 radical (unpaired) electrons. The number of anilines is 1. The summed E-state index contributed by atoms with van der Waals surface area (Å²) >= 11 is 0. The van der Waals surface area contributed by atoms with Crippen LogP contribution in [0.5, 0.6) is 0 Å². The Kier molecular flexibility index (Phi) is 4.54. The SMILES string of the molecule is CC1CN(C(=O)Nc2cccc3cccnc23)CC(c2ccccc2)O1. The Bertz CT molecular complexity index is 908. The lowest BCUT2D eigenvalue weighted by Gasteiger charge is -2.37. The molecule has 0 aliphatic carbocycles. The fraction of sp³-hybridized carbons (Fsp3) is 0.238. The predicted molar refractivity (Wildman–Crippen MR) is 102 cm³/mol. The van der Waals surface area contributed by atoms with E-state index in [4.69, 9.17) is 4.74 Å². The van der Waals surface area contributed by atoms with Gasteiger partial charge in [-0.1, -0.05) is 48.5 Å². The Balaban J connectivity index is 1.53. The molecule has 2 unspecified atom stereocenters. The van der Waals surface area contributed by atoms with Crippen LogP contribution < -0.4 is 5.32 Å². The van der Waals surface area contributed by atoms with E-state index in [0.717, 1.165) is 22.2 Å². The van der Waals surface area contributed by atoms with Crippen molar-refractivity contribution in [3.05, 3.63) is 72.4 Å². The molecule has 2 atom stereocenters. The molecule has 1 aromatic heterocycles. The van der Waals surface area contributed by atoms with Gasteiger partial charge in [0.15, 0.2) is 0 Å². The number of amides is 2. The zero-order chi connectivity index (χ0) is 17.9. The minimum atomic E-state index is -0.126. The maximum Gasteiger partial charge on any atom is 0.322 e. The van der Waals surface area contributed by atoms with E-state index >= 15 is 0 Å². The van der Waals surface area contributed by atoms with Crippen LogP contribution in [0.3, 0.4) is 0 Å². The lowest BCUT2D eigenvalue weighted by atomic mass is 10.1. The molecule has 132 valence electrons. The van der Waals surface area contributed by atoms with E-state index in [1.807, 2.05) is 72.5 Å². The first-order valence-corrected chi connectivity index (χ1v) is 8.81. The molecule has 2 heterocycles. The highest BCUT2D eigenvalue weighted by molar-refractivity contribution is 5.99. The first-order valence-electron chi connectivity index (χ1n) is 8.81. The zero-order valence-electron chi connectivity index (χ0n) is 14.6. The Labute approximate surface area is 152 Å². The second-order valence-electron chi connectivity index (χ2n) is 6.56. The molecule has 1 aliphatic rings. The highest BCUT2D eigenvalue weighted by Crippen LogP contribution is 2.26. The molecule has 4 rings (SSSR count). The van der Waals surface area contributed by atoms with Crippen molar-refractivity contribution >= 4 is 22.6 Å². The Hall–Kier alpha value is -2.92. The van der Waals surface area contributed by atoms with Crippen LogP contribution in [0.25, 0.3) is 10.9 Å². The largest absolute Gasteiger partial charge is 0.367 e. The van der Waals surface area contributed by atoms with Gasteiger partial charge in [-0.25, -0.2) is 4.79 Å². The summed E-state index contributed by atoms with van der Waals surface area (Å²) in [6.07, 6.45) is 1.60. The van der Waals surface area contributed by atoms with E-state index in [1.54, 1.807) is 6.20 Å². The number of ether oxygens (including phenoxy) is 1. The van der Waals surface area contributed by atoms with Gasteiger partial charge in [0.2, 0.25) is 0 Å². The smallest absolute Gasteiger partial charge is 0.322 e. The predicted octanol–water partition coefficient (Wildman–Crippen LogP) is 4.23. The van der Waals surface area contributed by atoms with Crippen LogP contribution in [0.4, 0.5) is 10.5 Å². The van der Waals surface area contributed by atoms with Gasteiger partial charge < -0.3 is 15.0 Å². The average molecular weight is 347 g/mol. The molecule has 1 N–H and O–H groups in total. The van der Waals surface area contributed by atoms with Crippen molar-refractivity contribution in [2.45, 2.75) is 19.1 Å². The number of aromatic nitrogens is 1. The summed E-state index contributed by atoms with van der Waals surface area (Å²) in [7, 11) is 0. The van der Waals surface area contributed by atoms with E-state index < -0.39 is 0 Å². The number of benzene rings is 2. The second kappa shape index (κ2) is 7.14. The standard InChI is InChI=1S/C21H21N3O2/c1-15-13-24(14-19(26-15)16-7-3-2-4-8-16)21(25)23-18-11-5-9-17-10-6-12-22-20(17)18/h2-12,15,19H,13-14H2,1H3,(H,23,25). The van der Waals surface area contributed by atoms with Gasteiger partial charge in [-0.2, -0.15) is 0 Å². The van der Waals surface area contributed by atoms with Crippen LogP contribution >= 0.6 is 0 Å². The molecule has 3 aromatic rings. The normalized spacial score (nSPS) is 20.1. The molecule has 2 amide bonds. The fourth-order valence-electron chi connectivity index (χ4n) is 3.37. The third-order valence-electron chi connectivity index (χ3n) is 4.59. The van der Waals surface area contributed by atoms with Crippen molar-refractivity contribution in [1.29, 1.82) is 0 Å². The van der Waals surface area contributed by atoms with Crippen molar-refractivity contribution in [2.75, 3.05) is 18.4 Å². The zero-order valence-corrected chi connectivity index (χ0v) is 14.6. The summed E-state index contributed by atoms with van der Waals surface area (Å²) < 4.78 is 6.04. The first kappa shape index (κ1) is 16.5. The van der Waals surface area contributed by atoms with E-state index in [2.05, 4.69) is 10.3 Å². The molecule has 0 bridgehead atoms. The Morgan fingerprint density at radius 2 is 1.88 bits per heavy atom. The van der Waals surface area contributed by atoms with Gasteiger partial charge in [-0.3, -0.25) is 4.98 Å². The number of hydrogen-bond donors (Lipinski definition) is 1. The quantitative estimate of drug-likeness (QED) is 0.755. The number of pyridine rings is 1. The maximum absolute atomic E-state index is 12.9. The summed E-state index contributed by atoms with van der Waals surface area (Å²) in [6.45, 7) is 3.08. The van der Waals surface area contributed by atoms with Gasteiger partial charge in [0, 0.05) is 18.1 Å². The number of urea groups is 1. The van der Waals surface area contributed by atoms with Crippen LogP contribution in [0.2, 0.25) is 0 Å². The third-order valence-corrected chi connectivity index (χ3v) is 4.59. The molecule has 0 spiro atoms. The summed E-state index contributed by atoms with van der Waals surface area (Å²) in [4.78, 5) is 19.1. The summed E-state index contributed by atoms with van der Waals surface area (Å²) in [5.41, 5.74) is 2.61. The number of morpholine rings is 1. The van der Waals surface area contributed by atoms with Crippen LogP contribution in [-0.2, 0) is 4.74 Å². The van der Waals surface area contributed by atoms with Gasteiger partial charge in [-0.05, 0) is 24.6 Å². The minimum absolute atomic E-state index is 0.0228. The third kappa shape index (κ3) is 3.39. The number of rotatable bonds is 2. The van der Waals surface area contributed by atoms with Gasteiger partial charge in [-0.15, -0.1) is 0 Å². The van der Waals surface area contributed by atoms with Crippen molar-refractivity contribution < 1.29 is 9.53 Å². The van der Waals surface area contributed by atoms with Crippen molar-refractivity contribution in [1.82, 2.24) is 9.88 Å². The van der Waals surface area contributed by atoms with E-state index in [1.165, 1.54) is 0 Å². The average Bonchev–Trinajstić information content (AvgIpc) is 2.68. The number of hydrogen-bond acceptors (Lipinski definition) is 3. The van der Waals surface area contributed by atoms with E-state index in [0.29, 0.717) is 13.1 Å². The number of nitrogens with zero attached hydrogens (tertiary/aromatic N) is 2.